The van der Waals surface area contributed by atoms with Crippen LogP contribution in [0.25, 0.3) is 0 Å². The van der Waals surface area contributed by atoms with Crippen molar-refractivity contribution in [3.05, 3.63) is 82.7 Å². The number of aromatic nitrogens is 2. The molecule has 1 amide bonds. The molecule has 0 fully saturated rings. The van der Waals surface area contributed by atoms with E-state index < -0.39 is 0 Å². The van der Waals surface area contributed by atoms with E-state index in [9.17, 15) is 4.79 Å². The number of rotatable bonds is 6. The molecule has 2 aromatic carbocycles. The molecule has 0 unspecified atom stereocenters. The fourth-order valence-electron chi connectivity index (χ4n) is 3.07. The maximum atomic E-state index is 12.5. The van der Waals surface area contributed by atoms with Crippen molar-refractivity contribution < 1.29 is 4.79 Å². The lowest BCUT2D eigenvalue weighted by molar-refractivity contribution is 0.0946. The first-order valence-corrected chi connectivity index (χ1v) is 9.48. The SMILES string of the molecule is Cc1ccccc1CNC(=O)c1ccnc(Nc2c(C)cccc2C(C)C)n1. The Bertz CT molecular complexity index is 982. The minimum atomic E-state index is -0.220. The van der Waals surface area contributed by atoms with Crippen molar-refractivity contribution in [2.24, 2.45) is 0 Å². The van der Waals surface area contributed by atoms with Crippen molar-refractivity contribution in [2.45, 2.75) is 40.2 Å². The molecule has 0 bridgehead atoms. The lowest BCUT2D eigenvalue weighted by Gasteiger charge is -2.16. The molecule has 0 aliphatic rings. The van der Waals surface area contributed by atoms with Crippen LogP contribution in [-0.4, -0.2) is 15.9 Å². The van der Waals surface area contributed by atoms with Crippen LogP contribution in [0.15, 0.2) is 54.7 Å². The molecular formula is C23H26N4O. The highest BCUT2D eigenvalue weighted by Gasteiger charge is 2.13. The zero-order valence-corrected chi connectivity index (χ0v) is 16.8. The van der Waals surface area contributed by atoms with E-state index in [0.29, 0.717) is 24.1 Å². The first kappa shape index (κ1) is 19.5. The number of anilines is 2. The average molecular weight is 374 g/mol. The number of hydrogen-bond donors (Lipinski definition) is 2. The Morgan fingerprint density at radius 3 is 2.50 bits per heavy atom. The summed E-state index contributed by atoms with van der Waals surface area (Å²) in [7, 11) is 0. The summed E-state index contributed by atoms with van der Waals surface area (Å²) in [5.74, 6) is 0.560. The highest BCUT2D eigenvalue weighted by atomic mass is 16.1. The van der Waals surface area contributed by atoms with Gasteiger partial charge in [-0.3, -0.25) is 4.79 Å². The Kier molecular flexibility index (Phi) is 6.04. The van der Waals surface area contributed by atoms with E-state index >= 15 is 0 Å². The van der Waals surface area contributed by atoms with Crippen LogP contribution >= 0.6 is 0 Å². The number of hydrogen-bond acceptors (Lipinski definition) is 4. The Morgan fingerprint density at radius 1 is 1.00 bits per heavy atom. The maximum absolute atomic E-state index is 12.5. The molecule has 1 aromatic heterocycles. The first-order valence-electron chi connectivity index (χ1n) is 9.48. The highest BCUT2D eigenvalue weighted by Crippen LogP contribution is 2.29. The molecule has 3 aromatic rings. The van der Waals surface area contributed by atoms with E-state index in [-0.39, 0.29) is 5.91 Å². The predicted octanol–water partition coefficient (Wildman–Crippen LogP) is 4.89. The number of carbonyl (C=O) groups excluding carboxylic acids is 1. The maximum Gasteiger partial charge on any atom is 0.270 e. The van der Waals surface area contributed by atoms with Gasteiger partial charge in [-0.2, -0.15) is 0 Å². The molecule has 28 heavy (non-hydrogen) atoms. The number of nitrogens with zero attached hydrogens (tertiary/aromatic N) is 2. The molecule has 2 N–H and O–H groups in total. The summed E-state index contributed by atoms with van der Waals surface area (Å²) in [6.07, 6.45) is 1.60. The van der Waals surface area contributed by atoms with Crippen molar-refractivity contribution in [1.29, 1.82) is 0 Å². The summed E-state index contributed by atoms with van der Waals surface area (Å²) in [5, 5.41) is 6.23. The summed E-state index contributed by atoms with van der Waals surface area (Å²) in [4.78, 5) is 21.2. The van der Waals surface area contributed by atoms with E-state index in [4.69, 9.17) is 0 Å². The van der Waals surface area contributed by atoms with Crippen molar-refractivity contribution in [1.82, 2.24) is 15.3 Å². The van der Waals surface area contributed by atoms with E-state index in [1.807, 2.05) is 50.2 Å². The van der Waals surface area contributed by atoms with Gasteiger partial charge in [-0.25, -0.2) is 9.97 Å². The van der Waals surface area contributed by atoms with Crippen LogP contribution in [0.3, 0.4) is 0 Å². The second-order valence-electron chi connectivity index (χ2n) is 7.19. The third-order valence-corrected chi connectivity index (χ3v) is 4.75. The van der Waals surface area contributed by atoms with Gasteiger partial charge in [0, 0.05) is 18.4 Å². The molecular weight excluding hydrogens is 348 g/mol. The highest BCUT2D eigenvalue weighted by molar-refractivity contribution is 5.92. The lowest BCUT2D eigenvalue weighted by Crippen LogP contribution is -2.24. The van der Waals surface area contributed by atoms with Crippen LogP contribution in [0.1, 0.15) is 52.5 Å². The van der Waals surface area contributed by atoms with Gasteiger partial charge in [-0.1, -0.05) is 56.3 Å². The fraction of sp³-hybridized carbons (Fsp3) is 0.261. The van der Waals surface area contributed by atoms with Crippen molar-refractivity contribution in [2.75, 3.05) is 5.32 Å². The van der Waals surface area contributed by atoms with E-state index in [0.717, 1.165) is 22.4 Å². The van der Waals surface area contributed by atoms with Crippen molar-refractivity contribution in [3.63, 3.8) is 0 Å². The van der Waals surface area contributed by atoms with Crippen LogP contribution in [0, 0.1) is 13.8 Å². The number of para-hydroxylation sites is 1. The third-order valence-electron chi connectivity index (χ3n) is 4.75. The standard InChI is InChI=1S/C23H26N4O/c1-15(2)19-11-7-9-17(4)21(19)27-23-24-13-12-20(26-23)22(28)25-14-18-10-6-5-8-16(18)3/h5-13,15H,14H2,1-4H3,(H,25,28)(H,24,26,27). The number of aryl methyl sites for hydroxylation is 2. The molecule has 1 heterocycles. The van der Waals surface area contributed by atoms with Gasteiger partial charge in [0.2, 0.25) is 5.95 Å². The third kappa shape index (κ3) is 4.55. The first-order chi connectivity index (χ1) is 13.5. The molecule has 0 saturated carbocycles. The lowest BCUT2D eigenvalue weighted by atomic mass is 9.98. The van der Waals surface area contributed by atoms with Crippen LogP contribution in [0.2, 0.25) is 0 Å². The molecule has 0 saturated heterocycles. The smallest absolute Gasteiger partial charge is 0.270 e. The number of nitrogens with one attached hydrogen (secondary N) is 2. The van der Waals surface area contributed by atoms with Gasteiger partial charge in [0.25, 0.3) is 5.91 Å². The van der Waals surface area contributed by atoms with Gasteiger partial charge in [0.15, 0.2) is 0 Å². The Hall–Kier alpha value is -3.21. The van der Waals surface area contributed by atoms with Crippen LogP contribution in [-0.2, 0) is 6.54 Å². The van der Waals surface area contributed by atoms with Gasteiger partial charge in [-0.15, -0.1) is 0 Å². The number of amides is 1. The Labute approximate surface area is 166 Å². The summed E-state index contributed by atoms with van der Waals surface area (Å²) >= 11 is 0. The van der Waals surface area contributed by atoms with Gasteiger partial charge < -0.3 is 10.6 Å². The zero-order valence-electron chi connectivity index (χ0n) is 16.8. The Morgan fingerprint density at radius 2 is 1.75 bits per heavy atom. The van der Waals surface area contributed by atoms with Gasteiger partial charge >= 0.3 is 0 Å². The van der Waals surface area contributed by atoms with Crippen molar-refractivity contribution in [3.8, 4) is 0 Å². The molecule has 0 radical (unpaired) electrons. The topological polar surface area (TPSA) is 66.9 Å². The molecule has 0 aliphatic carbocycles. The van der Waals surface area contributed by atoms with E-state index in [1.54, 1.807) is 12.3 Å². The summed E-state index contributed by atoms with van der Waals surface area (Å²) in [6.45, 7) is 8.84. The largest absolute Gasteiger partial charge is 0.347 e. The summed E-state index contributed by atoms with van der Waals surface area (Å²) in [5.41, 5.74) is 5.88. The minimum absolute atomic E-state index is 0.220. The van der Waals surface area contributed by atoms with Crippen LogP contribution in [0.5, 0.6) is 0 Å². The molecule has 0 aliphatic heterocycles. The zero-order chi connectivity index (χ0) is 20.1. The molecule has 3 rings (SSSR count). The normalized spacial score (nSPS) is 10.8. The summed E-state index contributed by atoms with van der Waals surface area (Å²) < 4.78 is 0. The van der Waals surface area contributed by atoms with Gasteiger partial charge in [0.05, 0.1) is 0 Å². The quantitative estimate of drug-likeness (QED) is 0.645. The minimum Gasteiger partial charge on any atom is -0.347 e. The second-order valence-corrected chi connectivity index (χ2v) is 7.19. The fourth-order valence-corrected chi connectivity index (χ4v) is 3.07. The Balaban J connectivity index is 1.76. The van der Waals surface area contributed by atoms with Crippen LogP contribution < -0.4 is 10.6 Å². The van der Waals surface area contributed by atoms with Crippen LogP contribution in [0.4, 0.5) is 11.6 Å². The predicted molar refractivity (Wildman–Crippen MR) is 113 cm³/mol. The van der Waals surface area contributed by atoms with E-state index in [1.165, 1.54) is 5.56 Å². The number of benzene rings is 2. The molecule has 144 valence electrons. The molecule has 0 atom stereocenters. The van der Waals surface area contributed by atoms with Gasteiger partial charge in [-0.05, 0) is 48.1 Å². The number of carbonyl (C=O) groups is 1. The molecule has 5 heteroatoms. The van der Waals surface area contributed by atoms with Crippen molar-refractivity contribution >= 4 is 17.5 Å². The van der Waals surface area contributed by atoms with E-state index in [2.05, 4.69) is 40.5 Å². The second kappa shape index (κ2) is 8.65. The molecule has 5 nitrogen and oxygen atoms in total. The summed E-state index contributed by atoms with van der Waals surface area (Å²) in [6, 6.07) is 15.8. The average Bonchev–Trinajstić information content (AvgIpc) is 2.68. The monoisotopic (exact) mass is 374 g/mol. The molecule has 0 spiro atoms. The van der Waals surface area contributed by atoms with Gasteiger partial charge in [0.1, 0.15) is 5.69 Å².